The largest absolute Gasteiger partial charge is 0.324 e. The van der Waals surface area contributed by atoms with Crippen molar-refractivity contribution in [1.29, 1.82) is 0 Å². The summed E-state index contributed by atoms with van der Waals surface area (Å²) in [6.45, 7) is 2.48. The van der Waals surface area contributed by atoms with Crippen molar-refractivity contribution >= 4 is 56.4 Å². The number of nitrogens with zero attached hydrogens (tertiary/aromatic N) is 5. The Morgan fingerprint density at radius 3 is 2.63 bits per heavy atom. The molecule has 0 amide bonds. The second kappa shape index (κ2) is 10.1. The number of fused-ring (bicyclic) bond motifs is 1. The Morgan fingerprint density at radius 1 is 1.03 bits per heavy atom. The number of anilines is 2. The highest BCUT2D eigenvalue weighted by Crippen LogP contribution is 2.23. The molecule has 4 aromatic rings. The van der Waals surface area contributed by atoms with Crippen LogP contribution in [0.5, 0.6) is 0 Å². The van der Waals surface area contributed by atoms with Crippen LogP contribution in [0.4, 0.5) is 11.6 Å². The molecule has 35 heavy (non-hydrogen) atoms. The predicted octanol–water partition coefficient (Wildman–Crippen LogP) is 3.30. The molecule has 3 N–H and O–H groups in total. The Kier molecular flexibility index (Phi) is 6.73. The Bertz CT molecular complexity index is 1450. The highest BCUT2D eigenvalue weighted by Gasteiger charge is 2.24. The van der Waals surface area contributed by atoms with Crippen LogP contribution >= 0.6 is 11.6 Å². The van der Waals surface area contributed by atoms with Crippen LogP contribution in [-0.2, 0) is 10.0 Å². The first kappa shape index (κ1) is 23.4. The maximum atomic E-state index is 12.9. The lowest BCUT2D eigenvalue weighted by Crippen LogP contribution is -2.34. The topological polar surface area (TPSA) is 129 Å². The van der Waals surface area contributed by atoms with Gasteiger partial charge in [-0.3, -0.25) is 5.10 Å². The number of halogens is 1. The summed E-state index contributed by atoms with van der Waals surface area (Å²) >= 11 is 6.16. The van der Waals surface area contributed by atoms with E-state index < -0.39 is 10.0 Å². The zero-order chi connectivity index (χ0) is 24.3. The molecule has 0 bridgehead atoms. The number of rotatable bonds is 6. The second-order valence-corrected chi connectivity index (χ2v) is 10.4. The zero-order valence-corrected chi connectivity index (χ0v) is 20.2. The fraction of sp³-hybridized carbons (Fsp3) is 0.217. The monoisotopic (exact) mass is 510 g/mol. The Hall–Kier alpha value is -3.38. The van der Waals surface area contributed by atoms with Gasteiger partial charge in [0.25, 0.3) is 0 Å². The number of H-pyrrole nitrogens is 1. The third-order valence-electron chi connectivity index (χ3n) is 5.60. The summed E-state index contributed by atoms with van der Waals surface area (Å²) in [6, 6.07) is 10.2. The van der Waals surface area contributed by atoms with Gasteiger partial charge in [0.2, 0.25) is 16.0 Å². The minimum absolute atomic E-state index is 0.272. The standard InChI is InChI=1S/C23H23ClN8O2S/c24-18-12-17(22-21(13-18)29-31-30-22)3-2-16-14-26-23(27-15-16)28-19-4-6-20(7-5-19)35(33,34)32-10-1-8-25-9-11-32/h2-7,12-15,25H,1,8-11H2,(H,26,27,28)(H,29,30,31). The van der Waals surface area contributed by atoms with Crippen molar-refractivity contribution in [3.63, 3.8) is 0 Å². The molecule has 0 unspecified atom stereocenters. The normalized spacial score (nSPS) is 15.5. The van der Waals surface area contributed by atoms with Crippen LogP contribution in [0.2, 0.25) is 5.02 Å². The van der Waals surface area contributed by atoms with E-state index in [1.165, 1.54) is 4.31 Å². The molecular weight excluding hydrogens is 488 g/mol. The molecule has 3 heterocycles. The van der Waals surface area contributed by atoms with Gasteiger partial charge in [0.15, 0.2) is 0 Å². The van der Waals surface area contributed by atoms with E-state index in [-0.39, 0.29) is 4.90 Å². The predicted molar refractivity (Wildman–Crippen MR) is 136 cm³/mol. The third kappa shape index (κ3) is 5.33. The van der Waals surface area contributed by atoms with E-state index in [4.69, 9.17) is 11.6 Å². The lowest BCUT2D eigenvalue weighted by atomic mass is 10.1. The summed E-state index contributed by atoms with van der Waals surface area (Å²) in [5, 5.41) is 17.6. The Balaban J connectivity index is 1.25. The van der Waals surface area contributed by atoms with E-state index in [1.54, 1.807) is 42.7 Å². The van der Waals surface area contributed by atoms with Crippen molar-refractivity contribution in [3.05, 3.63) is 64.9 Å². The van der Waals surface area contributed by atoms with Gasteiger partial charge < -0.3 is 10.6 Å². The highest BCUT2D eigenvalue weighted by molar-refractivity contribution is 7.89. The van der Waals surface area contributed by atoms with E-state index in [1.807, 2.05) is 18.2 Å². The number of nitrogens with one attached hydrogen (secondary N) is 3. The summed E-state index contributed by atoms with van der Waals surface area (Å²) in [6.07, 6.45) is 7.90. The molecule has 1 aliphatic rings. The second-order valence-electron chi connectivity index (χ2n) is 8.03. The molecule has 12 heteroatoms. The van der Waals surface area contributed by atoms with Crippen molar-refractivity contribution in [3.8, 4) is 0 Å². The third-order valence-corrected chi connectivity index (χ3v) is 7.73. The van der Waals surface area contributed by atoms with Gasteiger partial charge in [-0.2, -0.15) is 4.31 Å². The van der Waals surface area contributed by atoms with Crippen LogP contribution in [0.3, 0.4) is 0 Å². The molecule has 1 aliphatic heterocycles. The van der Waals surface area contributed by atoms with Crippen molar-refractivity contribution in [1.82, 2.24) is 35.0 Å². The molecule has 0 saturated carbocycles. The fourth-order valence-corrected chi connectivity index (χ4v) is 5.50. The van der Waals surface area contributed by atoms with Gasteiger partial charge in [-0.1, -0.05) is 29.0 Å². The van der Waals surface area contributed by atoms with Gasteiger partial charge in [-0.25, -0.2) is 18.4 Å². The zero-order valence-electron chi connectivity index (χ0n) is 18.6. The van der Waals surface area contributed by atoms with Gasteiger partial charge in [0.05, 0.1) is 10.4 Å². The molecule has 1 saturated heterocycles. The number of aromatic nitrogens is 5. The summed E-state index contributed by atoms with van der Waals surface area (Å²) in [5.74, 6) is 0.401. The first-order valence-corrected chi connectivity index (χ1v) is 12.9. The molecule has 0 atom stereocenters. The number of aromatic amines is 1. The van der Waals surface area contributed by atoms with Crippen molar-refractivity contribution < 1.29 is 8.42 Å². The van der Waals surface area contributed by atoms with Crippen LogP contribution in [-0.4, -0.2) is 64.3 Å². The summed E-state index contributed by atoms with van der Waals surface area (Å²) in [4.78, 5) is 8.96. The first-order valence-electron chi connectivity index (χ1n) is 11.1. The fourth-order valence-electron chi connectivity index (χ4n) is 3.80. The van der Waals surface area contributed by atoms with E-state index >= 15 is 0 Å². The summed E-state index contributed by atoms with van der Waals surface area (Å²) in [5.41, 5.74) is 3.80. The number of sulfonamides is 1. The minimum Gasteiger partial charge on any atom is -0.324 e. The van der Waals surface area contributed by atoms with E-state index in [2.05, 4.69) is 36.0 Å². The first-order chi connectivity index (χ1) is 17.0. The van der Waals surface area contributed by atoms with Gasteiger partial charge in [-0.05, 0) is 49.4 Å². The average Bonchev–Trinajstić information content (AvgIpc) is 3.15. The van der Waals surface area contributed by atoms with Crippen LogP contribution < -0.4 is 10.6 Å². The molecule has 0 spiro atoms. The number of benzene rings is 2. The minimum atomic E-state index is -3.51. The molecule has 10 nitrogen and oxygen atoms in total. The van der Waals surface area contributed by atoms with Crippen molar-refractivity contribution in [2.75, 3.05) is 31.5 Å². The number of hydrogen-bond donors (Lipinski definition) is 3. The van der Waals surface area contributed by atoms with E-state index in [0.29, 0.717) is 36.3 Å². The summed E-state index contributed by atoms with van der Waals surface area (Å²) in [7, 11) is -3.51. The summed E-state index contributed by atoms with van der Waals surface area (Å²) < 4.78 is 27.4. The Labute approximate surface area is 207 Å². The van der Waals surface area contributed by atoms with E-state index in [0.717, 1.165) is 35.1 Å². The number of hydrogen-bond acceptors (Lipinski definition) is 8. The van der Waals surface area contributed by atoms with Crippen molar-refractivity contribution in [2.24, 2.45) is 0 Å². The maximum absolute atomic E-state index is 12.9. The van der Waals surface area contributed by atoms with Crippen LogP contribution in [0.1, 0.15) is 17.5 Å². The molecule has 5 rings (SSSR count). The van der Waals surface area contributed by atoms with Crippen LogP contribution in [0, 0.1) is 0 Å². The van der Waals surface area contributed by atoms with Crippen LogP contribution in [0.15, 0.2) is 53.7 Å². The van der Waals surface area contributed by atoms with Gasteiger partial charge in [-0.15, -0.1) is 5.10 Å². The molecular formula is C23H23ClN8O2S. The molecule has 0 aliphatic carbocycles. The van der Waals surface area contributed by atoms with E-state index in [9.17, 15) is 8.42 Å². The maximum Gasteiger partial charge on any atom is 0.243 e. The molecule has 2 aromatic carbocycles. The quantitative estimate of drug-likeness (QED) is 0.360. The lowest BCUT2D eigenvalue weighted by molar-refractivity contribution is 0.432. The molecule has 1 fully saturated rings. The van der Waals surface area contributed by atoms with Gasteiger partial charge in [0.1, 0.15) is 5.52 Å². The van der Waals surface area contributed by atoms with Gasteiger partial charge in [0, 0.05) is 53.9 Å². The highest BCUT2D eigenvalue weighted by atomic mass is 35.5. The smallest absolute Gasteiger partial charge is 0.243 e. The Morgan fingerprint density at radius 2 is 1.83 bits per heavy atom. The molecule has 180 valence electrons. The van der Waals surface area contributed by atoms with Crippen molar-refractivity contribution in [2.45, 2.75) is 11.3 Å². The SMILES string of the molecule is O=S(=O)(c1ccc(Nc2ncc(C=Cc3cc(Cl)cc4[nH]nnc34)cn2)cc1)N1CCCNCC1. The van der Waals surface area contributed by atoms with Gasteiger partial charge >= 0.3 is 0 Å². The lowest BCUT2D eigenvalue weighted by Gasteiger charge is -2.19. The molecule has 0 radical (unpaired) electrons. The molecule has 2 aromatic heterocycles. The average molecular weight is 511 g/mol. The van der Waals surface area contributed by atoms with Crippen LogP contribution in [0.25, 0.3) is 23.2 Å².